The fourth-order valence-electron chi connectivity index (χ4n) is 1.24. The Bertz CT molecular complexity index is 343. The predicted molar refractivity (Wildman–Crippen MR) is 49.6 cm³/mol. The van der Waals surface area contributed by atoms with Crippen molar-refractivity contribution in [1.82, 2.24) is 0 Å². The first-order valence-electron chi connectivity index (χ1n) is 4.54. The molecule has 1 aromatic carbocycles. The van der Waals surface area contributed by atoms with Gasteiger partial charge in [-0.3, -0.25) is 0 Å². The van der Waals surface area contributed by atoms with Crippen molar-refractivity contribution in [3.8, 4) is 0 Å². The summed E-state index contributed by atoms with van der Waals surface area (Å²) in [5.74, 6) is -3.60. The van der Waals surface area contributed by atoms with Gasteiger partial charge in [-0.2, -0.15) is 0 Å². The van der Waals surface area contributed by atoms with E-state index in [9.17, 15) is 13.2 Å². The van der Waals surface area contributed by atoms with Crippen LogP contribution < -0.4 is 0 Å². The molecule has 0 radical (unpaired) electrons. The summed E-state index contributed by atoms with van der Waals surface area (Å²) < 4.78 is 38.9. The van der Waals surface area contributed by atoms with Crippen LogP contribution in [0.5, 0.6) is 0 Å². The molecule has 0 atom stereocenters. The van der Waals surface area contributed by atoms with E-state index in [0.29, 0.717) is 6.42 Å². The summed E-state index contributed by atoms with van der Waals surface area (Å²) in [6.07, 6.45) is 0.662. The van der Waals surface area contributed by atoms with Crippen molar-refractivity contribution in [3.63, 3.8) is 0 Å². The average molecular weight is 202 g/mol. The number of hydrogen-bond donors (Lipinski definition) is 0. The molecule has 0 aromatic heterocycles. The Hall–Kier alpha value is -0.990. The molecule has 1 aromatic rings. The average Bonchev–Trinajstić information content (AvgIpc) is 2.14. The molecule has 78 valence electrons. The number of rotatable bonds is 2. The van der Waals surface area contributed by atoms with Crippen LogP contribution in [-0.2, 0) is 5.41 Å². The quantitative estimate of drug-likeness (QED) is 0.640. The molecule has 0 aliphatic carbocycles. The minimum Gasteiger partial charge on any atom is -0.204 e. The highest BCUT2D eigenvalue weighted by Gasteiger charge is 2.25. The topological polar surface area (TPSA) is 0 Å². The maximum atomic E-state index is 13.3. The van der Waals surface area contributed by atoms with Crippen molar-refractivity contribution in [2.45, 2.75) is 32.6 Å². The number of benzene rings is 1. The molecule has 0 fully saturated rings. The van der Waals surface area contributed by atoms with Gasteiger partial charge < -0.3 is 0 Å². The molecule has 14 heavy (non-hydrogen) atoms. The zero-order valence-corrected chi connectivity index (χ0v) is 8.50. The second kappa shape index (κ2) is 3.64. The standard InChI is InChI=1S/C11H13F3/c1-4-11(2,3)7-5-6-8(12)10(14)9(7)13/h5-6H,4H2,1-3H3. The van der Waals surface area contributed by atoms with E-state index in [0.717, 1.165) is 6.07 Å². The maximum Gasteiger partial charge on any atom is 0.194 e. The SMILES string of the molecule is CCC(C)(C)c1ccc(F)c(F)c1F. The second-order valence-corrected chi connectivity index (χ2v) is 3.96. The lowest BCUT2D eigenvalue weighted by Crippen LogP contribution is -2.18. The first-order valence-corrected chi connectivity index (χ1v) is 4.54. The summed E-state index contributed by atoms with van der Waals surface area (Å²) in [7, 11) is 0. The van der Waals surface area contributed by atoms with E-state index in [2.05, 4.69) is 0 Å². The molecular weight excluding hydrogens is 189 g/mol. The van der Waals surface area contributed by atoms with Crippen LogP contribution in [0.25, 0.3) is 0 Å². The monoisotopic (exact) mass is 202 g/mol. The highest BCUT2D eigenvalue weighted by Crippen LogP contribution is 2.30. The van der Waals surface area contributed by atoms with Crippen LogP contribution >= 0.6 is 0 Å². The van der Waals surface area contributed by atoms with Gasteiger partial charge in [-0.05, 0) is 23.5 Å². The fraction of sp³-hybridized carbons (Fsp3) is 0.455. The van der Waals surface area contributed by atoms with Gasteiger partial charge in [-0.25, -0.2) is 13.2 Å². The van der Waals surface area contributed by atoms with Crippen LogP contribution in [0, 0.1) is 17.5 Å². The third kappa shape index (κ3) is 1.76. The molecule has 0 amide bonds. The largest absolute Gasteiger partial charge is 0.204 e. The fourth-order valence-corrected chi connectivity index (χ4v) is 1.24. The van der Waals surface area contributed by atoms with E-state index in [1.807, 2.05) is 6.92 Å². The van der Waals surface area contributed by atoms with Gasteiger partial charge in [-0.15, -0.1) is 0 Å². The zero-order chi connectivity index (χ0) is 10.9. The molecule has 0 saturated heterocycles. The number of hydrogen-bond acceptors (Lipinski definition) is 0. The lowest BCUT2D eigenvalue weighted by Gasteiger charge is -2.23. The van der Waals surface area contributed by atoms with Gasteiger partial charge in [0.05, 0.1) is 0 Å². The van der Waals surface area contributed by atoms with Gasteiger partial charge in [0.2, 0.25) is 0 Å². The Balaban J connectivity index is 3.31. The molecule has 0 saturated carbocycles. The second-order valence-electron chi connectivity index (χ2n) is 3.96. The molecule has 0 heterocycles. The lowest BCUT2D eigenvalue weighted by atomic mass is 9.82. The van der Waals surface area contributed by atoms with Crippen LogP contribution in [0.4, 0.5) is 13.2 Å². The van der Waals surface area contributed by atoms with E-state index >= 15 is 0 Å². The van der Waals surface area contributed by atoms with Crippen LogP contribution in [0.15, 0.2) is 12.1 Å². The van der Waals surface area contributed by atoms with Crippen LogP contribution in [0.1, 0.15) is 32.8 Å². The van der Waals surface area contributed by atoms with Crippen molar-refractivity contribution in [3.05, 3.63) is 35.1 Å². The van der Waals surface area contributed by atoms with Crippen molar-refractivity contribution >= 4 is 0 Å². The van der Waals surface area contributed by atoms with E-state index in [4.69, 9.17) is 0 Å². The van der Waals surface area contributed by atoms with Gasteiger partial charge in [0.25, 0.3) is 0 Å². The minimum atomic E-state index is -1.39. The van der Waals surface area contributed by atoms with Crippen molar-refractivity contribution in [2.24, 2.45) is 0 Å². The minimum absolute atomic E-state index is 0.221. The summed E-state index contributed by atoms with van der Waals surface area (Å²) in [5, 5.41) is 0. The Labute approximate surface area is 81.8 Å². The zero-order valence-electron chi connectivity index (χ0n) is 8.50. The molecule has 0 spiro atoms. The maximum absolute atomic E-state index is 13.3. The highest BCUT2D eigenvalue weighted by molar-refractivity contribution is 5.27. The van der Waals surface area contributed by atoms with Crippen LogP contribution in [0.3, 0.4) is 0 Å². The van der Waals surface area contributed by atoms with Gasteiger partial charge in [-0.1, -0.05) is 26.8 Å². The molecular formula is C11H13F3. The summed E-state index contributed by atoms with van der Waals surface area (Å²) in [4.78, 5) is 0. The molecule has 3 heteroatoms. The van der Waals surface area contributed by atoms with Crippen molar-refractivity contribution in [1.29, 1.82) is 0 Å². The van der Waals surface area contributed by atoms with E-state index in [1.165, 1.54) is 6.07 Å². The van der Waals surface area contributed by atoms with E-state index in [-0.39, 0.29) is 5.56 Å². The van der Waals surface area contributed by atoms with Crippen LogP contribution in [0.2, 0.25) is 0 Å². The lowest BCUT2D eigenvalue weighted by molar-refractivity contribution is 0.409. The van der Waals surface area contributed by atoms with E-state index < -0.39 is 22.9 Å². The normalized spacial score (nSPS) is 11.9. The Kier molecular flexibility index (Phi) is 2.88. The molecule has 0 aliphatic rings. The van der Waals surface area contributed by atoms with Crippen molar-refractivity contribution in [2.75, 3.05) is 0 Å². The molecule has 0 bridgehead atoms. The predicted octanol–water partition coefficient (Wildman–Crippen LogP) is 3.79. The molecule has 1 rings (SSSR count). The highest BCUT2D eigenvalue weighted by atomic mass is 19.2. The third-order valence-electron chi connectivity index (χ3n) is 2.65. The number of halogens is 3. The summed E-state index contributed by atoms with van der Waals surface area (Å²) >= 11 is 0. The molecule has 0 unspecified atom stereocenters. The Morgan fingerprint density at radius 2 is 1.64 bits per heavy atom. The molecule has 0 nitrogen and oxygen atoms in total. The van der Waals surface area contributed by atoms with Gasteiger partial charge in [0, 0.05) is 0 Å². The summed E-state index contributed by atoms with van der Waals surface area (Å²) in [5.41, 5.74) is -0.252. The summed E-state index contributed by atoms with van der Waals surface area (Å²) in [6, 6.07) is 2.27. The van der Waals surface area contributed by atoms with Crippen LogP contribution in [-0.4, -0.2) is 0 Å². The smallest absolute Gasteiger partial charge is 0.194 e. The van der Waals surface area contributed by atoms with Gasteiger partial charge in [0.15, 0.2) is 17.5 Å². The first-order chi connectivity index (χ1) is 6.40. The van der Waals surface area contributed by atoms with Crippen molar-refractivity contribution < 1.29 is 13.2 Å². The Morgan fingerprint density at radius 3 is 2.14 bits per heavy atom. The first kappa shape index (κ1) is 11.1. The molecule has 0 N–H and O–H groups in total. The third-order valence-corrected chi connectivity index (χ3v) is 2.65. The van der Waals surface area contributed by atoms with Gasteiger partial charge in [0.1, 0.15) is 0 Å². The molecule has 0 aliphatic heterocycles. The Morgan fingerprint density at radius 1 is 1.07 bits per heavy atom. The van der Waals surface area contributed by atoms with E-state index in [1.54, 1.807) is 13.8 Å². The summed E-state index contributed by atoms with van der Waals surface area (Å²) in [6.45, 7) is 5.46. The van der Waals surface area contributed by atoms with Gasteiger partial charge >= 0.3 is 0 Å².